The SMILES string of the molecule is CC(=O)c1ccc(N2CCN([C@@H](C(=O)Nc3ccc(C)cc3)c3ccccc3)CC2)cc1. The van der Waals surface area contributed by atoms with Gasteiger partial charge < -0.3 is 10.2 Å². The average Bonchev–Trinajstić information content (AvgIpc) is 2.82. The molecule has 0 saturated carbocycles. The number of piperazine rings is 1. The summed E-state index contributed by atoms with van der Waals surface area (Å²) in [6.07, 6.45) is 0. The molecule has 1 heterocycles. The fraction of sp³-hybridized carbons (Fsp3) is 0.259. The Bertz CT molecular complexity index is 1050. The van der Waals surface area contributed by atoms with Gasteiger partial charge in [0.1, 0.15) is 6.04 Å². The molecule has 0 bridgehead atoms. The first-order valence-electron chi connectivity index (χ1n) is 11.0. The van der Waals surface area contributed by atoms with E-state index in [9.17, 15) is 9.59 Å². The average molecular weight is 428 g/mol. The Morgan fingerprint density at radius 2 is 1.44 bits per heavy atom. The molecule has 4 rings (SSSR count). The van der Waals surface area contributed by atoms with Crippen molar-refractivity contribution in [2.75, 3.05) is 36.4 Å². The van der Waals surface area contributed by atoms with Gasteiger partial charge in [-0.1, -0.05) is 48.0 Å². The molecule has 1 atom stereocenters. The number of benzene rings is 3. The summed E-state index contributed by atoms with van der Waals surface area (Å²) >= 11 is 0. The minimum atomic E-state index is -0.347. The number of hydrogen-bond acceptors (Lipinski definition) is 4. The second-order valence-corrected chi connectivity index (χ2v) is 8.29. The van der Waals surface area contributed by atoms with Crippen LogP contribution in [0.5, 0.6) is 0 Å². The van der Waals surface area contributed by atoms with E-state index in [-0.39, 0.29) is 17.7 Å². The smallest absolute Gasteiger partial charge is 0.246 e. The van der Waals surface area contributed by atoms with Gasteiger partial charge in [-0.2, -0.15) is 0 Å². The van der Waals surface area contributed by atoms with Crippen molar-refractivity contribution in [3.05, 3.63) is 95.6 Å². The highest BCUT2D eigenvalue weighted by Gasteiger charge is 2.30. The van der Waals surface area contributed by atoms with Crippen LogP contribution in [-0.2, 0) is 4.79 Å². The standard InChI is InChI=1S/C27H29N3O2/c1-20-8-12-24(13-9-20)28-27(32)26(23-6-4-3-5-7-23)30-18-16-29(17-19-30)25-14-10-22(11-15-25)21(2)31/h3-15,26H,16-19H2,1-2H3,(H,28,32)/t26-/m1/s1. The Kier molecular flexibility index (Phi) is 6.66. The number of hydrogen-bond donors (Lipinski definition) is 1. The van der Waals surface area contributed by atoms with E-state index in [1.807, 2.05) is 85.8 Å². The molecular weight excluding hydrogens is 398 g/mol. The molecule has 3 aromatic rings. The van der Waals surface area contributed by atoms with Crippen LogP contribution in [0.3, 0.4) is 0 Å². The zero-order valence-corrected chi connectivity index (χ0v) is 18.6. The number of rotatable bonds is 6. The van der Waals surface area contributed by atoms with E-state index in [1.54, 1.807) is 6.92 Å². The van der Waals surface area contributed by atoms with Crippen molar-refractivity contribution < 1.29 is 9.59 Å². The summed E-state index contributed by atoms with van der Waals surface area (Å²) in [7, 11) is 0. The van der Waals surface area contributed by atoms with Gasteiger partial charge in [0, 0.05) is 43.1 Å². The Labute approximate surface area is 189 Å². The normalized spacial score (nSPS) is 15.2. The van der Waals surface area contributed by atoms with Crippen molar-refractivity contribution in [2.24, 2.45) is 0 Å². The van der Waals surface area contributed by atoms with Gasteiger partial charge in [-0.05, 0) is 55.8 Å². The maximum Gasteiger partial charge on any atom is 0.246 e. The monoisotopic (exact) mass is 427 g/mol. The Morgan fingerprint density at radius 3 is 2.03 bits per heavy atom. The predicted molar refractivity (Wildman–Crippen MR) is 129 cm³/mol. The van der Waals surface area contributed by atoms with Gasteiger partial charge in [0.05, 0.1) is 0 Å². The van der Waals surface area contributed by atoms with Crippen LogP contribution in [0.1, 0.15) is 34.5 Å². The van der Waals surface area contributed by atoms with Gasteiger partial charge in [-0.25, -0.2) is 0 Å². The van der Waals surface area contributed by atoms with Crippen LogP contribution in [0.25, 0.3) is 0 Å². The maximum atomic E-state index is 13.4. The summed E-state index contributed by atoms with van der Waals surface area (Å²) in [5, 5.41) is 3.10. The molecule has 0 aromatic heterocycles. The molecule has 1 fully saturated rings. The number of Topliss-reactive ketones (excluding diaryl/α,β-unsaturated/α-hetero) is 1. The van der Waals surface area contributed by atoms with Crippen molar-refractivity contribution in [3.63, 3.8) is 0 Å². The molecule has 164 valence electrons. The van der Waals surface area contributed by atoms with Gasteiger partial charge in [0.25, 0.3) is 0 Å². The minimum Gasteiger partial charge on any atom is -0.369 e. The topological polar surface area (TPSA) is 52.7 Å². The number of nitrogens with zero attached hydrogens (tertiary/aromatic N) is 2. The van der Waals surface area contributed by atoms with E-state index in [4.69, 9.17) is 0 Å². The summed E-state index contributed by atoms with van der Waals surface area (Å²) < 4.78 is 0. The van der Waals surface area contributed by atoms with Gasteiger partial charge in [0.2, 0.25) is 5.91 Å². The summed E-state index contributed by atoms with van der Waals surface area (Å²) in [5.41, 5.74) is 4.80. The molecule has 5 heteroatoms. The molecule has 1 aliphatic rings. The molecule has 3 aromatic carbocycles. The lowest BCUT2D eigenvalue weighted by Crippen LogP contribution is -2.50. The van der Waals surface area contributed by atoms with E-state index in [1.165, 1.54) is 0 Å². The first-order chi connectivity index (χ1) is 15.5. The number of amides is 1. The number of ketones is 1. The number of nitrogens with one attached hydrogen (secondary N) is 1. The van der Waals surface area contributed by atoms with Crippen LogP contribution in [-0.4, -0.2) is 42.8 Å². The third kappa shape index (κ3) is 5.06. The molecule has 0 aliphatic carbocycles. The van der Waals surface area contributed by atoms with Crippen LogP contribution in [0, 0.1) is 6.92 Å². The Hall–Kier alpha value is -3.44. The fourth-order valence-electron chi connectivity index (χ4n) is 4.16. The first-order valence-corrected chi connectivity index (χ1v) is 11.0. The van der Waals surface area contributed by atoms with Gasteiger partial charge in [-0.3, -0.25) is 14.5 Å². The highest BCUT2D eigenvalue weighted by molar-refractivity contribution is 5.95. The van der Waals surface area contributed by atoms with Crippen LogP contribution < -0.4 is 10.2 Å². The Balaban J connectivity index is 1.48. The molecule has 1 amide bonds. The maximum absolute atomic E-state index is 13.4. The van der Waals surface area contributed by atoms with Crippen molar-refractivity contribution >= 4 is 23.1 Å². The lowest BCUT2D eigenvalue weighted by atomic mass is 10.0. The molecule has 1 aliphatic heterocycles. The Morgan fingerprint density at radius 1 is 0.812 bits per heavy atom. The van der Waals surface area contributed by atoms with Gasteiger partial charge >= 0.3 is 0 Å². The molecule has 1 saturated heterocycles. The number of aryl methyl sites for hydroxylation is 1. The molecule has 0 spiro atoms. The van der Waals surface area contributed by atoms with E-state index in [2.05, 4.69) is 15.1 Å². The summed E-state index contributed by atoms with van der Waals surface area (Å²) in [6, 6.07) is 25.3. The second-order valence-electron chi connectivity index (χ2n) is 8.29. The number of carbonyl (C=O) groups is 2. The summed E-state index contributed by atoms with van der Waals surface area (Å²) in [5.74, 6) is 0.0611. The zero-order chi connectivity index (χ0) is 22.5. The molecular formula is C27H29N3O2. The first kappa shape index (κ1) is 21.8. The van der Waals surface area contributed by atoms with Gasteiger partial charge in [-0.15, -0.1) is 0 Å². The van der Waals surface area contributed by atoms with Crippen molar-refractivity contribution in [3.8, 4) is 0 Å². The zero-order valence-electron chi connectivity index (χ0n) is 18.6. The van der Waals surface area contributed by atoms with Gasteiger partial charge in [0.15, 0.2) is 5.78 Å². The summed E-state index contributed by atoms with van der Waals surface area (Å²) in [6.45, 7) is 6.80. The van der Waals surface area contributed by atoms with E-state index in [0.29, 0.717) is 0 Å². The van der Waals surface area contributed by atoms with Crippen LogP contribution in [0.15, 0.2) is 78.9 Å². The second kappa shape index (κ2) is 9.79. The minimum absolute atomic E-state index is 0.0145. The largest absolute Gasteiger partial charge is 0.369 e. The summed E-state index contributed by atoms with van der Waals surface area (Å²) in [4.78, 5) is 29.4. The van der Waals surface area contributed by atoms with Crippen LogP contribution in [0.4, 0.5) is 11.4 Å². The predicted octanol–water partition coefficient (Wildman–Crippen LogP) is 4.70. The quantitative estimate of drug-likeness (QED) is 0.580. The third-order valence-corrected chi connectivity index (χ3v) is 6.00. The number of carbonyl (C=O) groups excluding carboxylic acids is 2. The molecule has 0 unspecified atom stereocenters. The molecule has 1 N–H and O–H groups in total. The third-order valence-electron chi connectivity index (χ3n) is 6.00. The van der Waals surface area contributed by atoms with Crippen molar-refractivity contribution in [1.29, 1.82) is 0 Å². The van der Waals surface area contributed by atoms with Crippen LogP contribution in [0.2, 0.25) is 0 Å². The van der Waals surface area contributed by atoms with Crippen molar-refractivity contribution in [2.45, 2.75) is 19.9 Å². The molecule has 0 radical (unpaired) electrons. The number of anilines is 2. The molecule has 32 heavy (non-hydrogen) atoms. The van der Waals surface area contributed by atoms with E-state index in [0.717, 1.165) is 54.2 Å². The van der Waals surface area contributed by atoms with Crippen molar-refractivity contribution in [1.82, 2.24) is 4.90 Å². The molecule has 5 nitrogen and oxygen atoms in total. The lowest BCUT2D eigenvalue weighted by Gasteiger charge is -2.39. The van der Waals surface area contributed by atoms with E-state index < -0.39 is 0 Å². The van der Waals surface area contributed by atoms with E-state index >= 15 is 0 Å². The highest BCUT2D eigenvalue weighted by Crippen LogP contribution is 2.26. The fourth-order valence-corrected chi connectivity index (χ4v) is 4.16. The highest BCUT2D eigenvalue weighted by atomic mass is 16.2. The van der Waals surface area contributed by atoms with Crippen LogP contribution >= 0.6 is 0 Å². The lowest BCUT2D eigenvalue weighted by molar-refractivity contribution is -0.121.